The summed E-state index contributed by atoms with van der Waals surface area (Å²) in [7, 11) is -2.90. The Morgan fingerprint density at radius 3 is 2.78 bits per heavy atom. The van der Waals surface area contributed by atoms with Gasteiger partial charge in [-0.2, -0.15) is 10.1 Å². The number of esters is 1. The standard InChI is InChI=1S/C23H29N6O7P/c1-12-5-7-15(8-6-12)36-37(33,28-14(3)22(32)34-4)35-10-16-13(2)17(9-18(16)30)29-11-25-19-20(29)26-23(24)27-21(19)31/h5-8,11,14,16-18,30H,2,9-10H2,1,3-4H3,(H,28,33)(H3,24,26,27,31)/t14?,16-,17-,18-,37-/m0/s1. The summed E-state index contributed by atoms with van der Waals surface area (Å²) in [5.41, 5.74) is 7.09. The van der Waals surface area contributed by atoms with Gasteiger partial charge in [-0.05, 0) is 38.0 Å². The van der Waals surface area contributed by atoms with Gasteiger partial charge in [0.15, 0.2) is 11.2 Å². The summed E-state index contributed by atoms with van der Waals surface area (Å²) >= 11 is 0. The van der Waals surface area contributed by atoms with E-state index in [2.05, 4.69) is 26.6 Å². The van der Waals surface area contributed by atoms with Crippen LogP contribution in [0.1, 0.15) is 24.9 Å². The molecular formula is C23H29N6O7P. The van der Waals surface area contributed by atoms with Gasteiger partial charge in [0, 0.05) is 5.92 Å². The lowest BCUT2D eigenvalue weighted by atomic mass is 10.0. The van der Waals surface area contributed by atoms with Crippen LogP contribution in [0.15, 0.2) is 47.5 Å². The Hall–Kier alpha value is -3.51. The van der Waals surface area contributed by atoms with Crippen molar-refractivity contribution in [1.82, 2.24) is 24.6 Å². The van der Waals surface area contributed by atoms with Crippen LogP contribution >= 0.6 is 7.75 Å². The first-order valence-electron chi connectivity index (χ1n) is 11.5. The number of benzene rings is 1. The zero-order valence-electron chi connectivity index (χ0n) is 20.6. The van der Waals surface area contributed by atoms with Crippen molar-refractivity contribution < 1.29 is 28.3 Å². The Balaban J connectivity index is 1.55. The number of imidazole rings is 1. The van der Waals surface area contributed by atoms with Gasteiger partial charge >= 0.3 is 13.7 Å². The molecule has 5 N–H and O–H groups in total. The van der Waals surface area contributed by atoms with Gasteiger partial charge in [-0.3, -0.25) is 19.1 Å². The number of hydrogen-bond acceptors (Lipinski definition) is 10. The van der Waals surface area contributed by atoms with E-state index in [1.807, 2.05) is 6.92 Å². The molecule has 198 valence electrons. The molecule has 0 radical (unpaired) electrons. The molecule has 0 saturated heterocycles. The number of aromatic nitrogens is 4. The van der Waals surface area contributed by atoms with Crippen molar-refractivity contribution in [3.05, 3.63) is 58.7 Å². The SMILES string of the molecule is C=C1[C@H](CO[P@@](=O)(NC(C)C(=O)OC)Oc2ccc(C)cc2)[C@@H](O)C[C@@H]1n1cnc2c(=O)[nH]c(N)nc21. The van der Waals surface area contributed by atoms with Crippen molar-refractivity contribution in [3.63, 3.8) is 0 Å². The fourth-order valence-electron chi connectivity index (χ4n) is 4.19. The summed E-state index contributed by atoms with van der Waals surface area (Å²) in [6.07, 6.45) is 0.741. The number of rotatable bonds is 9. The Morgan fingerprint density at radius 1 is 1.41 bits per heavy atom. The summed E-state index contributed by atoms with van der Waals surface area (Å²) in [5.74, 6) is -1.10. The number of ether oxygens (including phenoxy) is 1. The molecule has 5 atom stereocenters. The minimum atomic E-state index is -4.11. The number of aliphatic hydroxyl groups excluding tert-OH is 1. The third-order valence-electron chi connectivity index (χ3n) is 6.20. The summed E-state index contributed by atoms with van der Waals surface area (Å²) < 4.78 is 31.4. The van der Waals surface area contributed by atoms with E-state index in [4.69, 9.17) is 19.5 Å². The van der Waals surface area contributed by atoms with Gasteiger partial charge in [0.1, 0.15) is 11.8 Å². The van der Waals surface area contributed by atoms with E-state index in [0.717, 1.165) is 5.56 Å². The molecule has 0 bridgehead atoms. The highest BCUT2D eigenvalue weighted by Gasteiger charge is 2.41. The second kappa shape index (κ2) is 10.5. The first kappa shape index (κ1) is 26.6. The molecule has 0 spiro atoms. The van der Waals surface area contributed by atoms with E-state index in [1.165, 1.54) is 20.4 Å². The molecule has 13 nitrogen and oxygen atoms in total. The number of nitrogens with zero attached hydrogens (tertiary/aromatic N) is 3. The van der Waals surface area contributed by atoms with Crippen molar-refractivity contribution in [2.45, 2.75) is 38.5 Å². The molecule has 1 saturated carbocycles. The zero-order chi connectivity index (χ0) is 26.9. The average molecular weight is 532 g/mol. The van der Waals surface area contributed by atoms with E-state index in [9.17, 15) is 19.3 Å². The number of aliphatic hydroxyl groups is 1. The third-order valence-corrected chi connectivity index (χ3v) is 7.84. The van der Waals surface area contributed by atoms with Crippen molar-refractivity contribution in [3.8, 4) is 5.75 Å². The third kappa shape index (κ3) is 5.59. The van der Waals surface area contributed by atoms with Gasteiger partial charge < -0.3 is 24.7 Å². The molecule has 1 aliphatic rings. The first-order valence-corrected chi connectivity index (χ1v) is 13.0. The Labute approximate surface area is 212 Å². The maximum absolute atomic E-state index is 13.7. The monoisotopic (exact) mass is 532 g/mol. The summed E-state index contributed by atoms with van der Waals surface area (Å²) in [6, 6.07) is 5.33. The lowest BCUT2D eigenvalue weighted by Gasteiger charge is -2.25. The normalized spacial score (nSPS) is 22.1. The number of aromatic amines is 1. The van der Waals surface area contributed by atoms with Crippen LogP contribution in [0.5, 0.6) is 5.75 Å². The van der Waals surface area contributed by atoms with Gasteiger partial charge in [-0.1, -0.05) is 24.3 Å². The van der Waals surface area contributed by atoms with Crippen LogP contribution in [0.25, 0.3) is 11.2 Å². The predicted molar refractivity (Wildman–Crippen MR) is 135 cm³/mol. The second-order valence-electron chi connectivity index (χ2n) is 8.85. The van der Waals surface area contributed by atoms with Crippen LogP contribution in [0.4, 0.5) is 5.95 Å². The zero-order valence-corrected chi connectivity index (χ0v) is 21.5. The Bertz CT molecular complexity index is 1420. The summed E-state index contributed by atoms with van der Waals surface area (Å²) in [4.78, 5) is 34.8. The van der Waals surface area contributed by atoms with Gasteiger partial charge in [0.25, 0.3) is 5.56 Å². The van der Waals surface area contributed by atoms with E-state index in [-0.39, 0.29) is 35.9 Å². The maximum Gasteiger partial charge on any atom is 0.459 e. The largest absolute Gasteiger partial charge is 0.468 e. The van der Waals surface area contributed by atoms with Crippen molar-refractivity contribution in [2.24, 2.45) is 5.92 Å². The molecule has 1 aliphatic carbocycles. The molecule has 1 aromatic carbocycles. The van der Waals surface area contributed by atoms with Crippen LogP contribution in [0, 0.1) is 12.8 Å². The van der Waals surface area contributed by atoms with Crippen LogP contribution in [-0.2, 0) is 18.6 Å². The first-order chi connectivity index (χ1) is 17.5. The van der Waals surface area contributed by atoms with E-state index < -0.39 is 43.4 Å². The van der Waals surface area contributed by atoms with Crippen LogP contribution in [0.2, 0.25) is 0 Å². The van der Waals surface area contributed by atoms with Gasteiger partial charge in [-0.25, -0.2) is 9.55 Å². The molecule has 37 heavy (non-hydrogen) atoms. The van der Waals surface area contributed by atoms with Crippen LogP contribution < -0.4 is 20.9 Å². The fourth-order valence-corrected chi connectivity index (χ4v) is 5.71. The number of nitrogen functional groups attached to an aromatic ring is 1. The number of H-pyrrole nitrogens is 1. The van der Waals surface area contributed by atoms with E-state index in [1.54, 1.807) is 28.8 Å². The second-order valence-corrected chi connectivity index (χ2v) is 10.5. The fraction of sp³-hybridized carbons (Fsp3) is 0.391. The molecule has 14 heteroatoms. The minimum absolute atomic E-state index is 0.0664. The molecular weight excluding hydrogens is 503 g/mol. The van der Waals surface area contributed by atoms with Crippen LogP contribution in [0.3, 0.4) is 0 Å². The highest BCUT2D eigenvalue weighted by molar-refractivity contribution is 7.52. The molecule has 0 amide bonds. The number of methoxy groups -OCH3 is 1. The van der Waals surface area contributed by atoms with Crippen molar-refractivity contribution in [1.29, 1.82) is 0 Å². The smallest absolute Gasteiger partial charge is 0.459 e. The predicted octanol–water partition coefficient (Wildman–Crippen LogP) is 1.84. The van der Waals surface area contributed by atoms with E-state index in [0.29, 0.717) is 5.57 Å². The molecule has 2 heterocycles. The number of carbonyl (C=O) groups is 1. The van der Waals surface area contributed by atoms with Gasteiger partial charge in [0.2, 0.25) is 5.95 Å². The van der Waals surface area contributed by atoms with E-state index >= 15 is 0 Å². The quantitative estimate of drug-likeness (QED) is 0.179. The number of aryl methyl sites for hydroxylation is 1. The number of hydrogen-bond donors (Lipinski definition) is 4. The number of fused-ring (bicyclic) bond motifs is 1. The maximum atomic E-state index is 13.7. The van der Waals surface area contributed by atoms with Gasteiger partial charge in [-0.15, -0.1) is 0 Å². The highest BCUT2D eigenvalue weighted by Crippen LogP contribution is 2.48. The highest BCUT2D eigenvalue weighted by atomic mass is 31.2. The average Bonchev–Trinajstić information content (AvgIpc) is 3.38. The molecule has 1 unspecified atom stereocenters. The Kier molecular flexibility index (Phi) is 7.51. The number of carbonyl (C=O) groups excluding carboxylic acids is 1. The Morgan fingerprint density at radius 2 is 2.11 bits per heavy atom. The molecule has 2 aromatic heterocycles. The lowest BCUT2D eigenvalue weighted by molar-refractivity contribution is -0.142. The number of nitrogens with one attached hydrogen (secondary N) is 2. The molecule has 3 aromatic rings. The topological polar surface area (TPSA) is 184 Å². The van der Waals surface area contributed by atoms with Crippen molar-refractivity contribution in [2.75, 3.05) is 19.5 Å². The summed E-state index contributed by atoms with van der Waals surface area (Å²) in [5, 5.41) is 13.4. The number of nitrogens with two attached hydrogens (primary N) is 1. The van der Waals surface area contributed by atoms with Gasteiger partial charge in [0.05, 0.1) is 32.2 Å². The van der Waals surface area contributed by atoms with Crippen LogP contribution in [-0.4, -0.2) is 56.5 Å². The minimum Gasteiger partial charge on any atom is -0.468 e. The molecule has 4 rings (SSSR count). The molecule has 0 aliphatic heterocycles. The molecule has 1 fully saturated rings. The summed E-state index contributed by atoms with van der Waals surface area (Å²) in [6.45, 7) is 7.24. The lowest BCUT2D eigenvalue weighted by Crippen LogP contribution is -2.35. The van der Waals surface area contributed by atoms with Crippen molar-refractivity contribution >= 4 is 30.8 Å². The number of anilines is 1.